The first-order valence-corrected chi connectivity index (χ1v) is 10.9. The highest BCUT2D eigenvalue weighted by Gasteiger charge is 2.21. The lowest BCUT2D eigenvalue weighted by molar-refractivity contribution is -0.120. The quantitative estimate of drug-likeness (QED) is 0.462. The molecule has 0 saturated heterocycles. The van der Waals surface area contributed by atoms with E-state index in [1.165, 1.54) is 11.8 Å². The number of nitrogens with zero attached hydrogens (tertiary/aromatic N) is 2. The molecule has 2 atom stereocenters. The largest absolute Gasteiger partial charge is 0.349 e. The maximum Gasteiger partial charge on any atom is 0.257 e. The van der Waals surface area contributed by atoms with Gasteiger partial charge in [0.1, 0.15) is 0 Å². The molecule has 0 aliphatic carbocycles. The van der Waals surface area contributed by atoms with Crippen molar-refractivity contribution in [1.29, 1.82) is 0 Å². The van der Waals surface area contributed by atoms with Crippen molar-refractivity contribution in [3.05, 3.63) is 93.4 Å². The van der Waals surface area contributed by atoms with Crippen LogP contribution in [-0.2, 0) is 18.3 Å². The number of carbonyl (C=O) groups excluding carboxylic acids is 1. The summed E-state index contributed by atoms with van der Waals surface area (Å²) >= 11 is 1.30. The van der Waals surface area contributed by atoms with Crippen LogP contribution < -0.4 is 10.9 Å². The third-order valence-electron chi connectivity index (χ3n) is 5.08. The van der Waals surface area contributed by atoms with Crippen LogP contribution in [-0.4, -0.2) is 20.7 Å². The van der Waals surface area contributed by atoms with Crippen molar-refractivity contribution < 1.29 is 4.79 Å². The lowest BCUT2D eigenvalue weighted by Crippen LogP contribution is -2.34. The van der Waals surface area contributed by atoms with Gasteiger partial charge < -0.3 is 5.32 Å². The van der Waals surface area contributed by atoms with Gasteiger partial charge in [-0.3, -0.25) is 14.2 Å². The summed E-state index contributed by atoms with van der Waals surface area (Å²) in [5.74, 6) is -0.0865. The molecule has 0 spiro atoms. The number of benzene rings is 2. The second kappa shape index (κ2) is 9.76. The van der Waals surface area contributed by atoms with Crippen molar-refractivity contribution in [3.8, 4) is 0 Å². The van der Waals surface area contributed by atoms with E-state index < -0.39 is 0 Å². The number of rotatable bonds is 7. The number of nitrogens with one attached hydrogen (secondary N) is 1. The van der Waals surface area contributed by atoms with Gasteiger partial charge in [0.25, 0.3) is 5.56 Å². The molecule has 1 heterocycles. The van der Waals surface area contributed by atoms with E-state index >= 15 is 0 Å². The maximum absolute atomic E-state index is 12.9. The third-order valence-corrected chi connectivity index (χ3v) is 6.23. The van der Waals surface area contributed by atoms with Gasteiger partial charge in [-0.1, -0.05) is 72.4 Å². The molecule has 3 aromatic rings. The molecule has 1 aromatic heterocycles. The van der Waals surface area contributed by atoms with E-state index in [9.17, 15) is 9.59 Å². The summed E-state index contributed by atoms with van der Waals surface area (Å²) in [4.78, 5) is 30.2. The van der Waals surface area contributed by atoms with Gasteiger partial charge in [-0.05, 0) is 31.9 Å². The van der Waals surface area contributed by atoms with Gasteiger partial charge in [0, 0.05) is 24.7 Å². The fourth-order valence-electron chi connectivity index (χ4n) is 3.21. The van der Waals surface area contributed by atoms with E-state index in [1.807, 2.05) is 81.4 Å². The standard InChI is InChI=1S/C24H27N3O2S/c1-16(20-13-9-6-10-14-20)25-22(28)18(3)30-24-26-17(2)21(23(29)27(24)4)15-19-11-7-5-8-12-19/h5-14,16,18H,15H2,1-4H3,(H,25,28). The average molecular weight is 422 g/mol. The summed E-state index contributed by atoms with van der Waals surface area (Å²) in [5.41, 5.74) is 3.44. The van der Waals surface area contributed by atoms with Crippen LogP contribution in [0.1, 0.15) is 42.3 Å². The molecule has 1 N–H and O–H groups in total. The lowest BCUT2D eigenvalue weighted by Gasteiger charge is -2.19. The zero-order valence-electron chi connectivity index (χ0n) is 17.8. The van der Waals surface area contributed by atoms with Crippen LogP contribution in [0.3, 0.4) is 0 Å². The summed E-state index contributed by atoms with van der Waals surface area (Å²) in [6, 6.07) is 19.6. The van der Waals surface area contributed by atoms with Crippen LogP contribution in [0.15, 0.2) is 70.6 Å². The molecule has 0 saturated carbocycles. The van der Waals surface area contributed by atoms with Crippen LogP contribution in [0.5, 0.6) is 0 Å². The normalized spacial score (nSPS) is 12.9. The molecule has 6 heteroatoms. The minimum atomic E-state index is -0.381. The van der Waals surface area contributed by atoms with Gasteiger partial charge in [0.2, 0.25) is 5.91 Å². The van der Waals surface area contributed by atoms with Crippen molar-refractivity contribution >= 4 is 17.7 Å². The Balaban J connectivity index is 1.73. The summed E-state index contributed by atoms with van der Waals surface area (Å²) in [7, 11) is 1.71. The summed E-state index contributed by atoms with van der Waals surface area (Å²) < 4.78 is 1.54. The molecule has 0 aliphatic heterocycles. The van der Waals surface area contributed by atoms with E-state index in [0.717, 1.165) is 11.1 Å². The van der Waals surface area contributed by atoms with Crippen LogP contribution in [0.4, 0.5) is 0 Å². The van der Waals surface area contributed by atoms with Crippen LogP contribution in [0.25, 0.3) is 0 Å². The maximum atomic E-state index is 12.9. The zero-order chi connectivity index (χ0) is 21.7. The fraction of sp³-hybridized carbons (Fsp3) is 0.292. The summed E-state index contributed by atoms with van der Waals surface area (Å²) in [5, 5.41) is 3.20. The van der Waals surface area contributed by atoms with Crippen LogP contribution in [0, 0.1) is 6.92 Å². The molecule has 5 nitrogen and oxygen atoms in total. The molecule has 3 rings (SSSR count). The number of hydrogen-bond donors (Lipinski definition) is 1. The first-order chi connectivity index (χ1) is 14.4. The number of amides is 1. The van der Waals surface area contributed by atoms with Crippen molar-refractivity contribution in [2.24, 2.45) is 7.05 Å². The highest BCUT2D eigenvalue weighted by Crippen LogP contribution is 2.22. The predicted molar refractivity (Wildman–Crippen MR) is 122 cm³/mol. The molecule has 156 valence electrons. The molecule has 0 radical (unpaired) electrons. The Morgan fingerprint density at radius 1 is 1.07 bits per heavy atom. The monoisotopic (exact) mass is 421 g/mol. The average Bonchev–Trinajstić information content (AvgIpc) is 2.76. The first kappa shape index (κ1) is 21.8. The highest BCUT2D eigenvalue weighted by atomic mass is 32.2. The smallest absolute Gasteiger partial charge is 0.257 e. The van der Waals surface area contributed by atoms with Crippen molar-refractivity contribution in [2.45, 2.75) is 43.6 Å². The lowest BCUT2D eigenvalue weighted by atomic mass is 10.1. The van der Waals surface area contributed by atoms with E-state index in [2.05, 4.69) is 10.3 Å². The van der Waals surface area contributed by atoms with E-state index in [1.54, 1.807) is 11.6 Å². The second-order valence-electron chi connectivity index (χ2n) is 7.39. The number of hydrogen-bond acceptors (Lipinski definition) is 4. The molecule has 30 heavy (non-hydrogen) atoms. The molecule has 2 aromatic carbocycles. The Hall–Kier alpha value is -2.86. The van der Waals surface area contributed by atoms with Gasteiger partial charge in [-0.2, -0.15) is 0 Å². The van der Waals surface area contributed by atoms with Gasteiger partial charge in [-0.15, -0.1) is 0 Å². The zero-order valence-corrected chi connectivity index (χ0v) is 18.6. The van der Waals surface area contributed by atoms with Gasteiger partial charge in [0.05, 0.1) is 11.3 Å². The van der Waals surface area contributed by atoms with Gasteiger partial charge in [0.15, 0.2) is 5.16 Å². The van der Waals surface area contributed by atoms with Crippen LogP contribution >= 0.6 is 11.8 Å². The van der Waals surface area contributed by atoms with Crippen LogP contribution in [0.2, 0.25) is 0 Å². The van der Waals surface area contributed by atoms with Gasteiger partial charge in [-0.25, -0.2) is 4.98 Å². The molecule has 2 unspecified atom stereocenters. The number of thioether (sulfide) groups is 1. The van der Waals surface area contributed by atoms with Crippen molar-refractivity contribution in [2.75, 3.05) is 0 Å². The number of aromatic nitrogens is 2. The van der Waals surface area contributed by atoms with Gasteiger partial charge >= 0.3 is 0 Å². The van der Waals surface area contributed by atoms with Crippen molar-refractivity contribution in [3.63, 3.8) is 0 Å². The molecular formula is C24H27N3O2S. The minimum Gasteiger partial charge on any atom is -0.349 e. The molecule has 0 bridgehead atoms. The second-order valence-corrected chi connectivity index (χ2v) is 8.69. The Morgan fingerprint density at radius 3 is 2.30 bits per heavy atom. The van der Waals surface area contributed by atoms with E-state index in [-0.39, 0.29) is 22.8 Å². The molecular weight excluding hydrogens is 394 g/mol. The first-order valence-electron chi connectivity index (χ1n) is 9.99. The van der Waals surface area contributed by atoms with Crippen molar-refractivity contribution in [1.82, 2.24) is 14.9 Å². The Kier molecular flexibility index (Phi) is 7.11. The van der Waals surface area contributed by atoms with E-state index in [4.69, 9.17) is 0 Å². The molecule has 0 fully saturated rings. The Labute approximate surface area is 181 Å². The number of carbonyl (C=O) groups is 1. The van der Waals surface area contributed by atoms with E-state index in [0.29, 0.717) is 22.8 Å². The number of aryl methyl sites for hydroxylation is 1. The SMILES string of the molecule is Cc1nc(SC(C)C(=O)NC(C)c2ccccc2)n(C)c(=O)c1Cc1ccccc1. The Bertz CT molecular complexity index is 1070. The molecule has 1 amide bonds. The fourth-order valence-corrected chi connectivity index (χ4v) is 4.13. The predicted octanol–water partition coefficient (Wildman–Crippen LogP) is 4.04. The minimum absolute atomic E-state index is 0.0703. The highest BCUT2D eigenvalue weighted by molar-refractivity contribution is 8.00. The third kappa shape index (κ3) is 5.19. The summed E-state index contributed by atoms with van der Waals surface area (Å²) in [6.07, 6.45) is 0.544. The Morgan fingerprint density at radius 2 is 1.67 bits per heavy atom. The topological polar surface area (TPSA) is 64.0 Å². The molecule has 0 aliphatic rings. The summed E-state index contributed by atoms with van der Waals surface area (Å²) in [6.45, 7) is 5.64.